The topological polar surface area (TPSA) is 38.8 Å². The van der Waals surface area contributed by atoms with Gasteiger partial charge >= 0.3 is 7.12 Å². The van der Waals surface area contributed by atoms with E-state index in [2.05, 4.69) is 0 Å². The van der Waals surface area contributed by atoms with Gasteiger partial charge in [0.25, 0.3) is 5.91 Å². The molecule has 2 saturated heterocycles. The number of nitrogens with zero attached hydrogens (tertiary/aromatic N) is 1. The van der Waals surface area contributed by atoms with Crippen LogP contribution >= 0.6 is 0 Å². The van der Waals surface area contributed by atoms with E-state index < -0.39 is 24.1 Å². The fourth-order valence-corrected chi connectivity index (χ4v) is 3.39. The maximum atomic E-state index is 14.7. The summed E-state index contributed by atoms with van der Waals surface area (Å²) in [4.78, 5) is 14.5. The SMILES string of the molecule is CC1CCCCN1C(=O)c1ccc(B2OC(C)(C)C(C)(C)O2)c(F)c1. The Morgan fingerprint density at radius 1 is 1.20 bits per heavy atom. The highest BCUT2D eigenvalue weighted by molar-refractivity contribution is 6.62. The third-order valence-electron chi connectivity index (χ3n) is 5.82. The van der Waals surface area contributed by atoms with E-state index in [0.717, 1.165) is 25.8 Å². The molecule has 2 fully saturated rings. The van der Waals surface area contributed by atoms with Crippen LogP contribution < -0.4 is 5.46 Å². The number of halogens is 1. The van der Waals surface area contributed by atoms with Crippen LogP contribution in [0.3, 0.4) is 0 Å². The summed E-state index contributed by atoms with van der Waals surface area (Å²) in [7, 11) is -0.761. The fourth-order valence-electron chi connectivity index (χ4n) is 3.39. The van der Waals surface area contributed by atoms with Gasteiger partial charge in [0, 0.05) is 23.6 Å². The van der Waals surface area contributed by atoms with Crippen molar-refractivity contribution >= 4 is 18.5 Å². The summed E-state index contributed by atoms with van der Waals surface area (Å²) in [6.07, 6.45) is 3.14. The van der Waals surface area contributed by atoms with E-state index in [1.807, 2.05) is 39.5 Å². The lowest BCUT2D eigenvalue weighted by molar-refractivity contribution is 0.00578. The molecule has 1 aromatic rings. The lowest BCUT2D eigenvalue weighted by Gasteiger charge is -2.33. The second kappa shape index (κ2) is 6.40. The highest BCUT2D eigenvalue weighted by Gasteiger charge is 2.52. The van der Waals surface area contributed by atoms with Crippen molar-refractivity contribution in [2.75, 3.05) is 6.54 Å². The summed E-state index contributed by atoms with van der Waals surface area (Å²) >= 11 is 0. The predicted molar refractivity (Wildman–Crippen MR) is 96.5 cm³/mol. The van der Waals surface area contributed by atoms with Crippen molar-refractivity contribution < 1.29 is 18.5 Å². The van der Waals surface area contributed by atoms with Crippen molar-refractivity contribution in [1.82, 2.24) is 4.90 Å². The van der Waals surface area contributed by atoms with E-state index in [4.69, 9.17) is 9.31 Å². The Kier molecular flexibility index (Phi) is 4.71. The molecule has 2 heterocycles. The Bertz CT molecular complexity index is 661. The van der Waals surface area contributed by atoms with Crippen LogP contribution in [-0.2, 0) is 9.31 Å². The Morgan fingerprint density at radius 3 is 2.40 bits per heavy atom. The van der Waals surface area contributed by atoms with Crippen LogP contribution in [0.2, 0.25) is 0 Å². The number of carbonyl (C=O) groups is 1. The number of benzene rings is 1. The second-order valence-electron chi connectivity index (χ2n) is 8.17. The highest BCUT2D eigenvalue weighted by Crippen LogP contribution is 2.36. The third kappa shape index (κ3) is 3.34. The molecule has 0 radical (unpaired) electrons. The van der Waals surface area contributed by atoms with Crippen LogP contribution in [0.25, 0.3) is 0 Å². The zero-order valence-corrected chi connectivity index (χ0v) is 15.8. The van der Waals surface area contributed by atoms with Gasteiger partial charge in [-0.25, -0.2) is 4.39 Å². The number of hydrogen-bond acceptors (Lipinski definition) is 3. The average molecular weight is 347 g/mol. The number of piperidine rings is 1. The van der Waals surface area contributed by atoms with Crippen molar-refractivity contribution in [3.8, 4) is 0 Å². The van der Waals surface area contributed by atoms with Gasteiger partial charge in [0.1, 0.15) is 5.82 Å². The van der Waals surface area contributed by atoms with Crippen LogP contribution in [0.1, 0.15) is 64.2 Å². The quantitative estimate of drug-likeness (QED) is 0.772. The predicted octanol–water partition coefficient (Wildman–Crippen LogP) is 3.14. The third-order valence-corrected chi connectivity index (χ3v) is 5.82. The fraction of sp³-hybridized carbons (Fsp3) is 0.632. The van der Waals surface area contributed by atoms with Gasteiger partial charge in [-0.3, -0.25) is 4.79 Å². The lowest BCUT2D eigenvalue weighted by atomic mass is 9.78. The van der Waals surface area contributed by atoms with Gasteiger partial charge in [-0.05, 0) is 66.0 Å². The van der Waals surface area contributed by atoms with E-state index in [1.54, 1.807) is 12.1 Å². The molecule has 0 N–H and O–H groups in total. The Balaban J connectivity index is 1.81. The summed E-state index contributed by atoms with van der Waals surface area (Å²) in [5.41, 5.74) is -0.336. The number of carbonyl (C=O) groups excluding carboxylic acids is 1. The minimum absolute atomic E-state index is 0.105. The van der Waals surface area contributed by atoms with E-state index in [9.17, 15) is 9.18 Å². The van der Waals surface area contributed by atoms with E-state index in [0.29, 0.717) is 11.0 Å². The zero-order chi connectivity index (χ0) is 18.4. The van der Waals surface area contributed by atoms with Gasteiger partial charge in [-0.1, -0.05) is 6.07 Å². The number of amides is 1. The zero-order valence-electron chi connectivity index (χ0n) is 15.8. The molecule has 6 heteroatoms. The summed E-state index contributed by atoms with van der Waals surface area (Å²) in [6, 6.07) is 4.79. The molecule has 0 saturated carbocycles. The first-order chi connectivity index (χ1) is 11.6. The molecule has 0 spiro atoms. The van der Waals surface area contributed by atoms with Crippen LogP contribution in [0, 0.1) is 5.82 Å². The standard InChI is InChI=1S/C19H27BFNO3/c1-13-8-6-7-11-22(13)17(23)14-9-10-15(16(21)12-14)20-24-18(2,3)19(4,5)25-20/h9-10,12-13H,6-8,11H2,1-5H3. The first-order valence-electron chi connectivity index (χ1n) is 9.08. The van der Waals surface area contributed by atoms with Gasteiger partial charge in [0.05, 0.1) is 11.2 Å². The molecule has 1 aromatic carbocycles. The molecule has 3 rings (SSSR count). The van der Waals surface area contributed by atoms with Gasteiger partial charge in [0.2, 0.25) is 0 Å². The first kappa shape index (κ1) is 18.4. The summed E-state index contributed by atoms with van der Waals surface area (Å²) in [5, 5.41) is 0. The van der Waals surface area contributed by atoms with Gasteiger partial charge in [-0.15, -0.1) is 0 Å². The van der Waals surface area contributed by atoms with E-state index >= 15 is 0 Å². The molecule has 1 amide bonds. The number of likely N-dealkylation sites (tertiary alicyclic amines) is 1. The van der Waals surface area contributed by atoms with E-state index in [1.165, 1.54) is 6.07 Å². The lowest BCUT2D eigenvalue weighted by Crippen LogP contribution is -2.42. The molecule has 0 aromatic heterocycles. The molecule has 1 atom stereocenters. The second-order valence-corrected chi connectivity index (χ2v) is 8.17. The monoisotopic (exact) mass is 347 g/mol. The van der Waals surface area contributed by atoms with Crippen LogP contribution in [0.4, 0.5) is 4.39 Å². The number of hydrogen-bond donors (Lipinski definition) is 0. The van der Waals surface area contributed by atoms with Gasteiger partial charge in [0.15, 0.2) is 0 Å². The minimum atomic E-state index is -0.761. The van der Waals surface area contributed by atoms with E-state index in [-0.39, 0.29) is 11.9 Å². The molecular formula is C19H27BFNO3. The van der Waals surface area contributed by atoms with Crippen LogP contribution in [0.5, 0.6) is 0 Å². The molecule has 4 nitrogen and oxygen atoms in total. The maximum Gasteiger partial charge on any atom is 0.497 e. The molecule has 0 bridgehead atoms. The first-order valence-corrected chi connectivity index (χ1v) is 9.08. The molecular weight excluding hydrogens is 320 g/mol. The van der Waals surface area contributed by atoms with Crippen molar-refractivity contribution in [2.24, 2.45) is 0 Å². The van der Waals surface area contributed by atoms with Crippen molar-refractivity contribution in [3.63, 3.8) is 0 Å². The Labute approximate surface area is 149 Å². The molecule has 1 unspecified atom stereocenters. The molecule has 25 heavy (non-hydrogen) atoms. The Morgan fingerprint density at radius 2 is 1.84 bits per heavy atom. The van der Waals surface area contributed by atoms with Crippen LogP contribution in [-0.4, -0.2) is 41.7 Å². The van der Waals surface area contributed by atoms with Crippen molar-refractivity contribution in [1.29, 1.82) is 0 Å². The molecule has 0 aliphatic carbocycles. The van der Waals surface area contributed by atoms with Crippen molar-refractivity contribution in [2.45, 2.75) is 71.1 Å². The normalized spacial score (nSPS) is 25.3. The maximum absolute atomic E-state index is 14.7. The Hall–Kier alpha value is -1.40. The minimum Gasteiger partial charge on any atom is -0.399 e. The van der Waals surface area contributed by atoms with Crippen LogP contribution in [0.15, 0.2) is 18.2 Å². The summed E-state index contributed by atoms with van der Waals surface area (Å²) in [6.45, 7) is 10.5. The van der Waals surface area contributed by atoms with Gasteiger partial charge < -0.3 is 14.2 Å². The van der Waals surface area contributed by atoms with Gasteiger partial charge in [-0.2, -0.15) is 0 Å². The summed E-state index contributed by atoms with van der Waals surface area (Å²) < 4.78 is 26.5. The highest BCUT2D eigenvalue weighted by atomic mass is 19.1. The largest absolute Gasteiger partial charge is 0.497 e. The average Bonchev–Trinajstić information content (AvgIpc) is 2.75. The molecule has 2 aliphatic heterocycles. The van der Waals surface area contributed by atoms with Crippen molar-refractivity contribution in [3.05, 3.63) is 29.6 Å². The molecule has 2 aliphatic rings. The summed E-state index contributed by atoms with van der Waals surface area (Å²) in [5.74, 6) is -0.569. The smallest absolute Gasteiger partial charge is 0.399 e. The molecule has 136 valence electrons. The number of rotatable bonds is 2.